The summed E-state index contributed by atoms with van der Waals surface area (Å²) in [5, 5.41) is 3.55. The predicted octanol–water partition coefficient (Wildman–Crippen LogP) is 3.62. The molecule has 1 unspecified atom stereocenters. The summed E-state index contributed by atoms with van der Waals surface area (Å²) in [4.78, 5) is 4.31. The van der Waals surface area contributed by atoms with Crippen LogP contribution in [0.3, 0.4) is 0 Å². The second-order valence-electron chi connectivity index (χ2n) is 5.38. The summed E-state index contributed by atoms with van der Waals surface area (Å²) in [7, 11) is 2.09. The summed E-state index contributed by atoms with van der Waals surface area (Å²) in [6.45, 7) is 4.53. The zero-order valence-corrected chi connectivity index (χ0v) is 11.3. The van der Waals surface area contributed by atoms with E-state index in [2.05, 4.69) is 37.3 Å². The molecule has 2 rings (SSSR count). The van der Waals surface area contributed by atoms with Crippen molar-refractivity contribution >= 4 is 0 Å². The quantitative estimate of drug-likeness (QED) is 0.857. The number of aromatic nitrogens is 1. The molecule has 94 valence electrons. The molecular weight excluding hydrogens is 208 g/mol. The van der Waals surface area contributed by atoms with Gasteiger partial charge in [0.2, 0.25) is 0 Å². The van der Waals surface area contributed by atoms with Crippen LogP contribution in [0.2, 0.25) is 0 Å². The van der Waals surface area contributed by atoms with Crippen LogP contribution in [0.15, 0.2) is 18.5 Å². The van der Waals surface area contributed by atoms with E-state index in [9.17, 15) is 0 Å². The maximum absolute atomic E-state index is 4.31. The van der Waals surface area contributed by atoms with Gasteiger partial charge in [0.05, 0.1) is 0 Å². The standard InChI is InChI=1S/C15H24N2/c1-4-15(8-5-6-9-15)14(16-3)13-11-17-10-7-12(13)2/h7,10-11,14,16H,4-6,8-9H2,1-3H3. The van der Waals surface area contributed by atoms with Gasteiger partial charge in [-0.05, 0) is 55.8 Å². The van der Waals surface area contributed by atoms with Gasteiger partial charge >= 0.3 is 0 Å². The molecule has 1 aromatic rings. The van der Waals surface area contributed by atoms with Gasteiger partial charge in [0.1, 0.15) is 0 Å². The zero-order chi connectivity index (χ0) is 12.3. The Kier molecular flexibility index (Phi) is 3.82. The second kappa shape index (κ2) is 5.18. The Hall–Kier alpha value is -0.890. The highest BCUT2D eigenvalue weighted by Gasteiger charge is 2.40. The van der Waals surface area contributed by atoms with Gasteiger partial charge in [0.15, 0.2) is 0 Å². The summed E-state index contributed by atoms with van der Waals surface area (Å²) < 4.78 is 0. The second-order valence-corrected chi connectivity index (χ2v) is 5.38. The van der Waals surface area contributed by atoms with Gasteiger partial charge < -0.3 is 5.32 Å². The Labute approximate surface area is 105 Å². The molecule has 1 N–H and O–H groups in total. The van der Waals surface area contributed by atoms with Crippen LogP contribution < -0.4 is 5.32 Å². The maximum Gasteiger partial charge on any atom is 0.0392 e. The van der Waals surface area contributed by atoms with Crippen LogP contribution in [0.25, 0.3) is 0 Å². The third kappa shape index (κ3) is 2.23. The largest absolute Gasteiger partial charge is 0.312 e. The summed E-state index contributed by atoms with van der Waals surface area (Å²) in [5.41, 5.74) is 3.19. The SMILES string of the molecule is CCC1(C(NC)c2cnccc2C)CCCC1. The van der Waals surface area contributed by atoms with Crippen molar-refractivity contribution in [1.82, 2.24) is 10.3 Å². The molecule has 0 aliphatic heterocycles. The van der Waals surface area contributed by atoms with Crippen molar-refractivity contribution in [3.8, 4) is 0 Å². The molecular formula is C15H24N2. The zero-order valence-electron chi connectivity index (χ0n) is 11.3. The Bertz CT molecular complexity index is 367. The molecule has 1 fully saturated rings. The highest BCUT2D eigenvalue weighted by Crippen LogP contribution is 2.50. The minimum absolute atomic E-state index is 0.447. The van der Waals surface area contributed by atoms with Gasteiger partial charge in [-0.1, -0.05) is 19.8 Å². The van der Waals surface area contributed by atoms with Crippen molar-refractivity contribution in [3.05, 3.63) is 29.6 Å². The minimum Gasteiger partial charge on any atom is -0.312 e. The van der Waals surface area contributed by atoms with Crippen LogP contribution in [0, 0.1) is 12.3 Å². The average Bonchev–Trinajstić information content (AvgIpc) is 2.82. The Morgan fingerprint density at radius 1 is 1.41 bits per heavy atom. The summed E-state index contributed by atoms with van der Waals surface area (Å²) in [6.07, 6.45) is 10.7. The van der Waals surface area contributed by atoms with Crippen molar-refractivity contribution in [2.24, 2.45) is 5.41 Å². The fraction of sp³-hybridized carbons (Fsp3) is 0.667. The summed E-state index contributed by atoms with van der Waals surface area (Å²) in [6, 6.07) is 2.58. The number of pyridine rings is 1. The smallest absolute Gasteiger partial charge is 0.0392 e. The monoisotopic (exact) mass is 232 g/mol. The number of rotatable bonds is 4. The van der Waals surface area contributed by atoms with Crippen LogP contribution in [0.1, 0.15) is 56.2 Å². The lowest BCUT2D eigenvalue weighted by Crippen LogP contribution is -2.34. The molecule has 17 heavy (non-hydrogen) atoms. The van der Waals surface area contributed by atoms with E-state index >= 15 is 0 Å². The van der Waals surface area contributed by atoms with E-state index in [1.54, 1.807) is 0 Å². The van der Waals surface area contributed by atoms with Gasteiger partial charge in [-0.3, -0.25) is 4.98 Å². The molecule has 1 aliphatic carbocycles. The molecule has 1 saturated carbocycles. The van der Waals surface area contributed by atoms with Gasteiger partial charge in [-0.2, -0.15) is 0 Å². The molecule has 2 heteroatoms. The number of nitrogens with one attached hydrogen (secondary N) is 1. The van der Waals surface area contributed by atoms with Crippen molar-refractivity contribution in [3.63, 3.8) is 0 Å². The maximum atomic E-state index is 4.31. The van der Waals surface area contributed by atoms with E-state index in [1.807, 2.05) is 12.4 Å². The van der Waals surface area contributed by atoms with Crippen LogP contribution >= 0.6 is 0 Å². The first-order chi connectivity index (χ1) is 8.23. The van der Waals surface area contributed by atoms with Gasteiger partial charge in [0.25, 0.3) is 0 Å². The first kappa shape index (κ1) is 12.6. The van der Waals surface area contributed by atoms with Crippen molar-refractivity contribution < 1.29 is 0 Å². The molecule has 1 aliphatic rings. The van der Waals surface area contributed by atoms with Gasteiger partial charge in [0, 0.05) is 18.4 Å². The highest BCUT2D eigenvalue weighted by molar-refractivity contribution is 5.27. The molecule has 0 aromatic carbocycles. The van der Waals surface area contributed by atoms with E-state index in [1.165, 1.54) is 43.2 Å². The minimum atomic E-state index is 0.447. The van der Waals surface area contributed by atoms with E-state index < -0.39 is 0 Å². The molecule has 1 aromatic heterocycles. The van der Waals surface area contributed by atoms with Crippen molar-refractivity contribution in [2.75, 3.05) is 7.05 Å². The molecule has 1 heterocycles. The first-order valence-corrected chi connectivity index (χ1v) is 6.81. The normalized spacial score (nSPS) is 20.4. The molecule has 0 radical (unpaired) electrons. The van der Waals surface area contributed by atoms with Crippen LogP contribution in [0.5, 0.6) is 0 Å². The molecule has 0 saturated heterocycles. The number of hydrogen-bond acceptors (Lipinski definition) is 2. The summed E-state index contributed by atoms with van der Waals surface area (Å²) in [5.74, 6) is 0. The Balaban J connectivity index is 2.36. The van der Waals surface area contributed by atoms with Gasteiger partial charge in [-0.15, -0.1) is 0 Å². The topological polar surface area (TPSA) is 24.9 Å². The fourth-order valence-electron chi connectivity index (χ4n) is 3.50. The number of nitrogens with zero attached hydrogens (tertiary/aromatic N) is 1. The van der Waals surface area contributed by atoms with Crippen molar-refractivity contribution in [1.29, 1.82) is 0 Å². The summed E-state index contributed by atoms with van der Waals surface area (Å²) >= 11 is 0. The average molecular weight is 232 g/mol. The lowest BCUT2D eigenvalue weighted by Gasteiger charge is -2.37. The van der Waals surface area contributed by atoms with E-state index in [0.717, 1.165) is 0 Å². The third-order valence-electron chi connectivity index (χ3n) is 4.60. The Morgan fingerprint density at radius 3 is 2.65 bits per heavy atom. The first-order valence-electron chi connectivity index (χ1n) is 6.81. The molecule has 2 nitrogen and oxygen atoms in total. The van der Waals surface area contributed by atoms with Gasteiger partial charge in [-0.25, -0.2) is 0 Å². The van der Waals surface area contributed by atoms with E-state index in [4.69, 9.17) is 0 Å². The molecule has 0 amide bonds. The number of hydrogen-bond donors (Lipinski definition) is 1. The predicted molar refractivity (Wildman–Crippen MR) is 72.0 cm³/mol. The van der Waals surface area contributed by atoms with E-state index in [0.29, 0.717) is 11.5 Å². The third-order valence-corrected chi connectivity index (χ3v) is 4.60. The van der Waals surface area contributed by atoms with Crippen LogP contribution in [-0.4, -0.2) is 12.0 Å². The van der Waals surface area contributed by atoms with Crippen molar-refractivity contribution in [2.45, 2.75) is 52.0 Å². The number of aryl methyl sites for hydroxylation is 1. The Morgan fingerprint density at radius 2 is 2.12 bits per heavy atom. The molecule has 1 atom stereocenters. The van der Waals surface area contributed by atoms with E-state index in [-0.39, 0.29) is 0 Å². The molecule has 0 spiro atoms. The molecule has 0 bridgehead atoms. The lowest BCUT2D eigenvalue weighted by molar-refractivity contribution is 0.194. The van der Waals surface area contributed by atoms with Crippen LogP contribution in [-0.2, 0) is 0 Å². The highest BCUT2D eigenvalue weighted by atomic mass is 14.9. The fourth-order valence-corrected chi connectivity index (χ4v) is 3.50. The lowest BCUT2D eigenvalue weighted by atomic mass is 9.73. The van der Waals surface area contributed by atoms with Crippen LogP contribution in [0.4, 0.5) is 0 Å².